The van der Waals surface area contributed by atoms with Crippen LogP contribution >= 0.6 is 11.6 Å². The van der Waals surface area contributed by atoms with Gasteiger partial charge in [-0.05, 0) is 50.5 Å². The zero-order valence-corrected chi connectivity index (χ0v) is 14.8. The first-order chi connectivity index (χ1) is 11.5. The molecule has 130 valence electrons. The van der Waals surface area contributed by atoms with E-state index in [0.717, 1.165) is 24.0 Å². The van der Waals surface area contributed by atoms with Gasteiger partial charge in [0.1, 0.15) is 19.1 Å². The van der Waals surface area contributed by atoms with Crippen molar-refractivity contribution >= 4 is 23.5 Å². The Morgan fingerprint density at radius 2 is 1.75 bits per heavy atom. The first kappa shape index (κ1) is 20.0. The van der Waals surface area contributed by atoms with Crippen LogP contribution in [0.15, 0.2) is 53.6 Å². The van der Waals surface area contributed by atoms with E-state index in [-0.39, 0.29) is 25.1 Å². The molecule has 0 spiro atoms. The van der Waals surface area contributed by atoms with E-state index >= 15 is 0 Å². The molecule has 0 aromatic heterocycles. The second kappa shape index (κ2) is 11.5. The van der Waals surface area contributed by atoms with Gasteiger partial charge < -0.3 is 9.47 Å². The molecule has 0 radical (unpaired) electrons. The minimum absolute atomic E-state index is 0.128. The number of rotatable bonds is 9. The predicted molar refractivity (Wildman–Crippen MR) is 95.2 cm³/mol. The summed E-state index contributed by atoms with van der Waals surface area (Å²) in [5.41, 5.74) is 2.67. The van der Waals surface area contributed by atoms with Crippen LogP contribution in [0.5, 0.6) is 0 Å². The molecule has 1 rings (SSSR count). The fourth-order valence-electron chi connectivity index (χ4n) is 1.86. The highest BCUT2D eigenvalue weighted by Crippen LogP contribution is 2.08. The van der Waals surface area contributed by atoms with E-state index in [9.17, 15) is 9.59 Å². The van der Waals surface area contributed by atoms with Gasteiger partial charge in [0.25, 0.3) is 0 Å². The highest BCUT2D eigenvalue weighted by atomic mass is 35.5. The summed E-state index contributed by atoms with van der Waals surface area (Å²) in [6.45, 7) is 4.42. The number of esters is 2. The molecule has 0 heterocycles. The smallest absolute Gasteiger partial charge is 0.338 e. The van der Waals surface area contributed by atoms with Crippen LogP contribution in [0.4, 0.5) is 0 Å². The average Bonchev–Trinajstić information content (AvgIpc) is 2.60. The molecular formula is C19H23ClO4. The van der Waals surface area contributed by atoms with Crippen molar-refractivity contribution in [2.45, 2.75) is 26.7 Å². The van der Waals surface area contributed by atoms with E-state index in [0.29, 0.717) is 5.56 Å². The van der Waals surface area contributed by atoms with Crippen molar-refractivity contribution in [3.63, 3.8) is 0 Å². The standard InChI is InChI=1S/C19H23ClO4/c1-15(7-6-8-16(2)14-24-18(21)13-20)11-12-23-19(22)17-9-4-3-5-10-17/h3-5,8-11H,6-7,12-14H2,1-2H3/b15-11+,16-8+. The summed E-state index contributed by atoms with van der Waals surface area (Å²) in [7, 11) is 0. The van der Waals surface area contributed by atoms with Crippen LogP contribution in [-0.2, 0) is 14.3 Å². The van der Waals surface area contributed by atoms with E-state index in [1.165, 1.54) is 0 Å². The third kappa shape index (κ3) is 8.53. The predicted octanol–water partition coefficient (Wildman–Crippen LogP) is 4.30. The SMILES string of the molecule is C/C(=C\COC(=O)c1ccccc1)CC/C=C(\C)COC(=O)CCl. The maximum Gasteiger partial charge on any atom is 0.338 e. The summed E-state index contributed by atoms with van der Waals surface area (Å²) in [6.07, 6.45) is 5.61. The number of allylic oxidation sites excluding steroid dienone is 2. The Balaban J connectivity index is 2.27. The summed E-state index contributed by atoms with van der Waals surface area (Å²) in [5, 5.41) is 0. The molecule has 0 aliphatic rings. The van der Waals surface area contributed by atoms with Crippen LogP contribution < -0.4 is 0 Å². The number of hydrogen-bond acceptors (Lipinski definition) is 4. The van der Waals surface area contributed by atoms with Gasteiger partial charge in [0.05, 0.1) is 5.56 Å². The molecule has 0 saturated carbocycles. The summed E-state index contributed by atoms with van der Waals surface area (Å²) >= 11 is 5.35. The largest absolute Gasteiger partial charge is 0.460 e. The number of benzene rings is 1. The Labute approximate surface area is 148 Å². The van der Waals surface area contributed by atoms with E-state index < -0.39 is 5.97 Å². The molecule has 1 aromatic carbocycles. The molecule has 1 aromatic rings. The van der Waals surface area contributed by atoms with Crippen molar-refractivity contribution in [3.8, 4) is 0 Å². The second-order valence-corrected chi connectivity index (χ2v) is 5.67. The fourth-order valence-corrected chi connectivity index (χ4v) is 1.93. The summed E-state index contributed by atoms with van der Waals surface area (Å²) in [5.74, 6) is -0.867. The third-order valence-corrected chi connectivity index (χ3v) is 3.48. The zero-order valence-electron chi connectivity index (χ0n) is 14.1. The van der Waals surface area contributed by atoms with Crippen LogP contribution in [0.3, 0.4) is 0 Å². The minimum atomic E-state index is -0.416. The van der Waals surface area contributed by atoms with Crippen LogP contribution in [0.1, 0.15) is 37.0 Å². The second-order valence-electron chi connectivity index (χ2n) is 5.40. The quantitative estimate of drug-likeness (QED) is 0.378. The monoisotopic (exact) mass is 350 g/mol. The maximum atomic E-state index is 11.8. The molecule has 4 nitrogen and oxygen atoms in total. The lowest BCUT2D eigenvalue weighted by molar-refractivity contribution is -0.139. The number of ether oxygens (including phenoxy) is 2. The van der Waals surface area contributed by atoms with Gasteiger partial charge in [-0.25, -0.2) is 4.79 Å². The first-order valence-electron chi connectivity index (χ1n) is 7.78. The van der Waals surface area contributed by atoms with Gasteiger partial charge in [-0.1, -0.05) is 29.8 Å². The number of carbonyl (C=O) groups is 2. The maximum absolute atomic E-state index is 11.8. The van der Waals surface area contributed by atoms with Gasteiger partial charge in [-0.3, -0.25) is 4.79 Å². The number of halogens is 1. The molecule has 0 saturated heterocycles. The molecule has 0 aliphatic heterocycles. The Bertz CT molecular complexity index is 591. The van der Waals surface area contributed by atoms with Crippen molar-refractivity contribution in [1.82, 2.24) is 0 Å². The van der Waals surface area contributed by atoms with E-state index in [1.54, 1.807) is 24.3 Å². The van der Waals surface area contributed by atoms with Crippen LogP contribution in [0, 0.1) is 0 Å². The average molecular weight is 351 g/mol. The molecular weight excluding hydrogens is 328 g/mol. The van der Waals surface area contributed by atoms with E-state index in [4.69, 9.17) is 21.1 Å². The highest BCUT2D eigenvalue weighted by molar-refractivity contribution is 6.26. The summed E-state index contributed by atoms with van der Waals surface area (Å²) < 4.78 is 10.1. The fraction of sp³-hybridized carbons (Fsp3) is 0.368. The van der Waals surface area contributed by atoms with Crippen molar-refractivity contribution in [2.75, 3.05) is 19.1 Å². The van der Waals surface area contributed by atoms with Crippen molar-refractivity contribution in [1.29, 1.82) is 0 Å². The Hall–Kier alpha value is -2.07. The van der Waals surface area contributed by atoms with Gasteiger partial charge in [0, 0.05) is 0 Å². The summed E-state index contributed by atoms with van der Waals surface area (Å²) in [4.78, 5) is 22.7. The van der Waals surface area contributed by atoms with Crippen LogP contribution in [-0.4, -0.2) is 31.0 Å². The van der Waals surface area contributed by atoms with Crippen LogP contribution in [0.2, 0.25) is 0 Å². The highest BCUT2D eigenvalue weighted by Gasteiger charge is 2.04. The van der Waals surface area contributed by atoms with Gasteiger partial charge in [-0.15, -0.1) is 11.6 Å². The first-order valence-corrected chi connectivity index (χ1v) is 8.31. The minimum Gasteiger partial charge on any atom is -0.460 e. The Morgan fingerprint density at radius 3 is 2.42 bits per heavy atom. The normalized spacial score (nSPS) is 12.0. The van der Waals surface area contributed by atoms with Crippen LogP contribution in [0.25, 0.3) is 0 Å². The summed E-state index contributed by atoms with van der Waals surface area (Å²) in [6, 6.07) is 8.91. The van der Waals surface area contributed by atoms with Gasteiger partial charge >= 0.3 is 11.9 Å². The number of carbonyl (C=O) groups excluding carboxylic acids is 2. The van der Waals surface area contributed by atoms with E-state index in [2.05, 4.69) is 0 Å². The zero-order chi connectivity index (χ0) is 17.8. The molecule has 5 heteroatoms. The van der Waals surface area contributed by atoms with Crippen molar-refractivity contribution < 1.29 is 19.1 Å². The molecule has 0 aliphatic carbocycles. The molecule has 24 heavy (non-hydrogen) atoms. The molecule has 0 bridgehead atoms. The van der Waals surface area contributed by atoms with Crippen molar-refractivity contribution in [3.05, 3.63) is 59.2 Å². The lowest BCUT2D eigenvalue weighted by Gasteiger charge is -2.04. The van der Waals surface area contributed by atoms with Gasteiger partial charge in [-0.2, -0.15) is 0 Å². The van der Waals surface area contributed by atoms with Crippen molar-refractivity contribution in [2.24, 2.45) is 0 Å². The molecule has 0 N–H and O–H groups in total. The number of alkyl halides is 1. The lowest BCUT2D eigenvalue weighted by atomic mass is 10.1. The third-order valence-electron chi connectivity index (χ3n) is 3.26. The number of hydrogen-bond donors (Lipinski definition) is 0. The van der Waals surface area contributed by atoms with Gasteiger partial charge in [0.2, 0.25) is 0 Å². The lowest BCUT2D eigenvalue weighted by Crippen LogP contribution is -2.07. The topological polar surface area (TPSA) is 52.6 Å². The van der Waals surface area contributed by atoms with Gasteiger partial charge in [0.15, 0.2) is 0 Å². The Morgan fingerprint density at radius 1 is 1.04 bits per heavy atom. The molecule has 0 atom stereocenters. The molecule has 0 unspecified atom stereocenters. The Kier molecular flexibility index (Phi) is 9.54. The molecule has 0 fully saturated rings. The van der Waals surface area contributed by atoms with E-state index in [1.807, 2.05) is 32.1 Å². The molecule has 0 amide bonds.